The number of ether oxygens (including phenoxy) is 1. The molecule has 5 nitrogen and oxygen atoms in total. The molecule has 0 aromatic rings. The molecule has 2 bridgehead atoms. The molecule has 3 aliphatic heterocycles. The Balaban J connectivity index is 1.60. The van der Waals surface area contributed by atoms with Crippen LogP contribution in [0.5, 0.6) is 0 Å². The zero-order valence-electron chi connectivity index (χ0n) is 16.2. The van der Waals surface area contributed by atoms with Crippen LogP contribution in [0.15, 0.2) is 4.99 Å². The Morgan fingerprint density at radius 2 is 1.92 bits per heavy atom. The molecule has 3 fully saturated rings. The lowest BCUT2D eigenvalue weighted by atomic mass is 9.82. The summed E-state index contributed by atoms with van der Waals surface area (Å²) < 4.78 is 5.81. The second kappa shape index (κ2) is 8.96. The summed E-state index contributed by atoms with van der Waals surface area (Å²) in [5.41, 5.74) is 0. The van der Waals surface area contributed by atoms with Gasteiger partial charge in [0.15, 0.2) is 5.96 Å². The van der Waals surface area contributed by atoms with Gasteiger partial charge in [-0.15, -0.1) is 0 Å². The summed E-state index contributed by atoms with van der Waals surface area (Å²) in [6.45, 7) is 5.70. The predicted octanol–water partition coefficient (Wildman–Crippen LogP) is 2.47. The van der Waals surface area contributed by atoms with Crippen molar-refractivity contribution >= 4 is 17.7 Å². The normalized spacial score (nSPS) is 33.1. The van der Waals surface area contributed by atoms with Crippen LogP contribution in [0.4, 0.5) is 0 Å². The number of hydrogen-bond donors (Lipinski definition) is 2. The number of nitrogens with one attached hydrogen (secondary N) is 2. The van der Waals surface area contributed by atoms with E-state index in [4.69, 9.17) is 9.73 Å². The third kappa shape index (κ3) is 4.83. The standard InChI is InChI=1S/C19H36N4OS/c1-4-20-18(21-14-19(25-3)8-10-24-11-9-19)22-15-12-16-6-5-7-17(13-15)23(16)2/h15-17H,4-14H2,1-3H3,(H2,20,21,22). The summed E-state index contributed by atoms with van der Waals surface area (Å²) in [4.78, 5) is 7.61. The number of piperidine rings is 2. The van der Waals surface area contributed by atoms with E-state index < -0.39 is 0 Å². The van der Waals surface area contributed by atoms with Gasteiger partial charge in [0.25, 0.3) is 0 Å². The summed E-state index contributed by atoms with van der Waals surface area (Å²) >= 11 is 1.96. The van der Waals surface area contributed by atoms with E-state index in [9.17, 15) is 0 Å². The Hall–Kier alpha value is -0.460. The molecule has 0 spiro atoms. The smallest absolute Gasteiger partial charge is 0.191 e. The molecular formula is C19H36N4OS. The van der Waals surface area contributed by atoms with Crippen LogP contribution in [0.25, 0.3) is 0 Å². The number of aliphatic imine (C=N–C) groups is 1. The lowest BCUT2D eigenvalue weighted by Crippen LogP contribution is -2.56. The molecule has 0 amide bonds. The molecule has 6 heteroatoms. The molecule has 0 aliphatic carbocycles. The van der Waals surface area contributed by atoms with Gasteiger partial charge in [0, 0.05) is 42.6 Å². The first kappa shape index (κ1) is 19.3. The lowest BCUT2D eigenvalue weighted by molar-refractivity contribution is 0.0526. The first-order valence-electron chi connectivity index (χ1n) is 10.1. The number of rotatable bonds is 5. The monoisotopic (exact) mass is 368 g/mol. The van der Waals surface area contributed by atoms with Gasteiger partial charge in [-0.05, 0) is 58.8 Å². The van der Waals surface area contributed by atoms with Gasteiger partial charge in [0.1, 0.15) is 0 Å². The van der Waals surface area contributed by atoms with Crippen molar-refractivity contribution in [2.24, 2.45) is 4.99 Å². The van der Waals surface area contributed by atoms with Crippen molar-refractivity contribution in [2.45, 2.75) is 74.7 Å². The highest BCUT2D eigenvalue weighted by Gasteiger charge is 2.36. The summed E-state index contributed by atoms with van der Waals surface area (Å²) in [6, 6.07) is 2.06. The topological polar surface area (TPSA) is 48.9 Å². The summed E-state index contributed by atoms with van der Waals surface area (Å²) in [5.74, 6) is 1.01. The van der Waals surface area contributed by atoms with E-state index in [1.165, 1.54) is 32.1 Å². The van der Waals surface area contributed by atoms with Crippen molar-refractivity contribution in [1.29, 1.82) is 0 Å². The van der Waals surface area contributed by atoms with Gasteiger partial charge in [0.2, 0.25) is 0 Å². The number of guanidine groups is 1. The van der Waals surface area contributed by atoms with E-state index in [1.54, 1.807) is 0 Å². The SMILES string of the molecule is CCNC(=NCC1(SC)CCOCC1)NC1CC2CCCC(C1)N2C. The van der Waals surface area contributed by atoms with E-state index in [-0.39, 0.29) is 4.75 Å². The molecule has 2 atom stereocenters. The maximum atomic E-state index is 5.56. The minimum atomic E-state index is 0.254. The quantitative estimate of drug-likeness (QED) is 0.577. The second-order valence-corrected chi connectivity index (χ2v) is 9.19. The fourth-order valence-corrected chi connectivity index (χ4v) is 5.41. The van der Waals surface area contributed by atoms with Crippen LogP contribution < -0.4 is 10.6 Å². The maximum Gasteiger partial charge on any atom is 0.191 e. The fraction of sp³-hybridized carbons (Fsp3) is 0.947. The minimum absolute atomic E-state index is 0.254. The minimum Gasteiger partial charge on any atom is -0.381 e. The van der Waals surface area contributed by atoms with Crippen molar-refractivity contribution in [2.75, 3.05) is 39.6 Å². The number of nitrogens with zero attached hydrogens (tertiary/aromatic N) is 2. The first-order chi connectivity index (χ1) is 12.2. The number of thioether (sulfide) groups is 1. The number of hydrogen-bond acceptors (Lipinski definition) is 4. The molecule has 3 saturated heterocycles. The van der Waals surface area contributed by atoms with Gasteiger partial charge < -0.3 is 20.3 Å². The summed E-state index contributed by atoms with van der Waals surface area (Å²) in [6.07, 6.45) is 11.0. The average molecular weight is 369 g/mol. The summed E-state index contributed by atoms with van der Waals surface area (Å²) in [7, 11) is 2.32. The van der Waals surface area contributed by atoms with Gasteiger partial charge in [-0.25, -0.2) is 0 Å². The molecule has 144 valence electrons. The maximum absolute atomic E-state index is 5.56. The second-order valence-electron chi connectivity index (χ2n) is 7.91. The molecule has 3 rings (SSSR count). The van der Waals surface area contributed by atoms with Crippen LogP contribution in [-0.4, -0.2) is 73.3 Å². The Morgan fingerprint density at radius 1 is 1.24 bits per heavy atom. The highest BCUT2D eigenvalue weighted by molar-refractivity contribution is 8.00. The Bertz CT molecular complexity index is 439. The van der Waals surface area contributed by atoms with E-state index >= 15 is 0 Å². The van der Waals surface area contributed by atoms with Gasteiger partial charge in [0.05, 0.1) is 6.54 Å². The highest BCUT2D eigenvalue weighted by atomic mass is 32.2. The molecule has 0 saturated carbocycles. The van der Waals surface area contributed by atoms with Crippen LogP contribution in [0.3, 0.4) is 0 Å². The van der Waals surface area contributed by atoms with Crippen LogP contribution in [0.2, 0.25) is 0 Å². The third-order valence-electron chi connectivity index (χ3n) is 6.39. The van der Waals surface area contributed by atoms with Crippen molar-refractivity contribution in [3.63, 3.8) is 0 Å². The highest BCUT2D eigenvalue weighted by Crippen LogP contribution is 2.34. The Kier molecular flexibility index (Phi) is 6.92. The first-order valence-corrected chi connectivity index (χ1v) is 11.3. The lowest BCUT2D eigenvalue weighted by Gasteiger charge is -2.47. The zero-order valence-corrected chi connectivity index (χ0v) is 17.0. The zero-order chi connectivity index (χ0) is 17.7. The molecule has 3 aliphatic rings. The molecule has 25 heavy (non-hydrogen) atoms. The van der Waals surface area contributed by atoms with Crippen molar-refractivity contribution < 1.29 is 4.74 Å². The molecule has 2 unspecified atom stereocenters. The molecule has 0 aromatic carbocycles. The van der Waals surface area contributed by atoms with Crippen LogP contribution in [-0.2, 0) is 4.74 Å². The Labute approximate surface area is 157 Å². The van der Waals surface area contributed by atoms with Gasteiger partial charge in [-0.3, -0.25) is 4.99 Å². The van der Waals surface area contributed by atoms with E-state index in [1.807, 2.05) is 11.8 Å². The van der Waals surface area contributed by atoms with E-state index in [2.05, 4.69) is 35.8 Å². The molecule has 3 heterocycles. The predicted molar refractivity (Wildman–Crippen MR) is 108 cm³/mol. The van der Waals surface area contributed by atoms with Crippen molar-refractivity contribution in [3.05, 3.63) is 0 Å². The largest absolute Gasteiger partial charge is 0.381 e. The van der Waals surface area contributed by atoms with Gasteiger partial charge >= 0.3 is 0 Å². The van der Waals surface area contributed by atoms with Gasteiger partial charge in [-0.1, -0.05) is 6.42 Å². The molecule has 0 radical (unpaired) electrons. The average Bonchev–Trinajstić information content (AvgIpc) is 2.61. The number of fused-ring (bicyclic) bond motifs is 2. The third-order valence-corrected chi connectivity index (χ3v) is 7.79. The van der Waals surface area contributed by atoms with Crippen LogP contribution in [0, 0.1) is 0 Å². The van der Waals surface area contributed by atoms with Crippen molar-refractivity contribution in [3.8, 4) is 0 Å². The molecular weight excluding hydrogens is 332 g/mol. The van der Waals surface area contributed by atoms with Crippen molar-refractivity contribution in [1.82, 2.24) is 15.5 Å². The summed E-state index contributed by atoms with van der Waals surface area (Å²) in [5, 5.41) is 7.23. The van der Waals surface area contributed by atoms with E-state index in [0.29, 0.717) is 6.04 Å². The van der Waals surface area contributed by atoms with Crippen LogP contribution in [0.1, 0.15) is 51.9 Å². The van der Waals surface area contributed by atoms with Gasteiger partial charge in [-0.2, -0.15) is 11.8 Å². The van der Waals surface area contributed by atoms with Crippen LogP contribution >= 0.6 is 11.8 Å². The molecule has 2 N–H and O–H groups in total. The fourth-order valence-electron chi connectivity index (χ4n) is 4.64. The van der Waals surface area contributed by atoms with E-state index in [0.717, 1.165) is 57.2 Å². The molecule has 0 aromatic heterocycles. The Morgan fingerprint density at radius 3 is 2.52 bits per heavy atom.